The van der Waals surface area contributed by atoms with Crippen LogP contribution in [0, 0.1) is 5.41 Å². The van der Waals surface area contributed by atoms with E-state index in [1.54, 1.807) is 31.6 Å². The van der Waals surface area contributed by atoms with Crippen molar-refractivity contribution in [2.24, 2.45) is 5.41 Å². The Labute approximate surface area is 118 Å². The summed E-state index contributed by atoms with van der Waals surface area (Å²) in [6.45, 7) is 6.47. The smallest absolute Gasteiger partial charge is 0.326 e. The van der Waals surface area contributed by atoms with Gasteiger partial charge in [-0.3, -0.25) is 4.68 Å². The zero-order valence-electron chi connectivity index (χ0n) is 12.1. The molecule has 0 aromatic carbocycles. The summed E-state index contributed by atoms with van der Waals surface area (Å²) < 4.78 is 1.77. The second-order valence-corrected chi connectivity index (χ2v) is 5.66. The van der Waals surface area contributed by atoms with Crippen molar-refractivity contribution >= 4 is 12.0 Å². The van der Waals surface area contributed by atoms with Crippen LogP contribution in [0.3, 0.4) is 0 Å². The number of carbonyl (C=O) groups excluding carboxylic acids is 1. The summed E-state index contributed by atoms with van der Waals surface area (Å²) in [5.74, 6) is -1.04. The number of carboxylic acid groups (broad SMARTS) is 1. The highest BCUT2D eigenvalue weighted by Crippen LogP contribution is 2.19. The molecular weight excluding hydrogens is 260 g/mol. The molecule has 1 atom stereocenters. The molecule has 0 aliphatic rings. The van der Waals surface area contributed by atoms with Gasteiger partial charge in [0, 0.05) is 25.5 Å². The number of amides is 2. The number of hydrogen-bond donors (Lipinski definition) is 3. The molecule has 0 fully saturated rings. The van der Waals surface area contributed by atoms with E-state index in [9.17, 15) is 9.59 Å². The van der Waals surface area contributed by atoms with E-state index in [0.29, 0.717) is 13.1 Å². The summed E-state index contributed by atoms with van der Waals surface area (Å²) in [7, 11) is 0. The summed E-state index contributed by atoms with van der Waals surface area (Å²) in [4.78, 5) is 22.8. The Bertz CT molecular complexity index is 437. The van der Waals surface area contributed by atoms with Gasteiger partial charge in [0.05, 0.1) is 0 Å². The van der Waals surface area contributed by atoms with Gasteiger partial charge in [-0.2, -0.15) is 5.10 Å². The number of hydrogen-bond acceptors (Lipinski definition) is 3. The molecule has 0 bridgehead atoms. The van der Waals surface area contributed by atoms with Crippen molar-refractivity contribution in [2.75, 3.05) is 6.54 Å². The van der Waals surface area contributed by atoms with Gasteiger partial charge in [0.2, 0.25) is 0 Å². The first kappa shape index (κ1) is 16.0. The molecule has 1 unspecified atom stereocenters. The Kier molecular flexibility index (Phi) is 5.54. The fourth-order valence-corrected chi connectivity index (χ4v) is 1.71. The van der Waals surface area contributed by atoms with Crippen molar-refractivity contribution in [2.45, 2.75) is 39.8 Å². The molecule has 0 saturated carbocycles. The van der Waals surface area contributed by atoms with Crippen LogP contribution in [0.25, 0.3) is 0 Å². The summed E-state index contributed by atoms with van der Waals surface area (Å²) in [6, 6.07) is 0.447. The first-order valence-electron chi connectivity index (χ1n) is 6.55. The average molecular weight is 282 g/mol. The summed E-state index contributed by atoms with van der Waals surface area (Å²) in [5.41, 5.74) is -0.543. The maximum atomic E-state index is 11.7. The minimum Gasteiger partial charge on any atom is -0.480 e. The summed E-state index contributed by atoms with van der Waals surface area (Å²) in [6.07, 6.45) is 4.27. The fourth-order valence-electron chi connectivity index (χ4n) is 1.71. The number of carboxylic acids is 1. The van der Waals surface area contributed by atoms with Crippen LogP contribution in [-0.2, 0) is 11.3 Å². The number of aryl methyl sites for hydroxylation is 1. The molecule has 0 aliphatic carbocycles. The molecule has 20 heavy (non-hydrogen) atoms. The number of urea groups is 1. The van der Waals surface area contributed by atoms with Crippen LogP contribution >= 0.6 is 0 Å². The van der Waals surface area contributed by atoms with Crippen LogP contribution in [0.4, 0.5) is 4.79 Å². The lowest BCUT2D eigenvalue weighted by Gasteiger charge is -2.27. The number of carbonyl (C=O) groups is 2. The molecule has 0 saturated heterocycles. The quantitative estimate of drug-likeness (QED) is 0.680. The number of rotatable bonds is 6. The van der Waals surface area contributed by atoms with Gasteiger partial charge in [0.1, 0.15) is 6.04 Å². The Morgan fingerprint density at radius 2 is 2.10 bits per heavy atom. The third kappa shape index (κ3) is 5.29. The van der Waals surface area contributed by atoms with Crippen molar-refractivity contribution in [3.8, 4) is 0 Å². The van der Waals surface area contributed by atoms with Gasteiger partial charge in [-0.15, -0.1) is 0 Å². The first-order valence-corrected chi connectivity index (χ1v) is 6.55. The zero-order chi connectivity index (χ0) is 15.2. The Balaban J connectivity index is 2.30. The van der Waals surface area contributed by atoms with Gasteiger partial charge in [-0.05, 0) is 17.9 Å². The van der Waals surface area contributed by atoms with Gasteiger partial charge >= 0.3 is 12.0 Å². The van der Waals surface area contributed by atoms with Crippen molar-refractivity contribution in [1.29, 1.82) is 0 Å². The highest BCUT2D eigenvalue weighted by Gasteiger charge is 2.32. The number of aliphatic carboxylic acids is 1. The largest absolute Gasteiger partial charge is 0.480 e. The predicted molar refractivity (Wildman–Crippen MR) is 74.3 cm³/mol. The molecule has 1 aromatic rings. The van der Waals surface area contributed by atoms with Crippen molar-refractivity contribution in [1.82, 2.24) is 20.4 Å². The van der Waals surface area contributed by atoms with Crippen molar-refractivity contribution in [3.05, 3.63) is 18.5 Å². The number of nitrogens with one attached hydrogen (secondary N) is 2. The first-order chi connectivity index (χ1) is 9.30. The molecule has 7 nitrogen and oxygen atoms in total. The van der Waals surface area contributed by atoms with Crippen molar-refractivity contribution in [3.63, 3.8) is 0 Å². The molecule has 7 heteroatoms. The average Bonchev–Trinajstić information content (AvgIpc) is 2.83. The SMILES string of the molecule is CC(C)(C)C(NC(=O)NCCCn1cccn1)C(=O)O. The van der Waals surface area contributed by atoms with Crippen LogP contribution in [0.15, 0.2) is 18.5 Å². The standard InChI is InChI=1S/C13H22N4O3/c1-13(2,3)10(11(18)19)16-12(20)14-6-4-8-17-9-5-7-15-17/h5,7,9-10H,4,6,8H2,1-3H3,(H,18,19)(H2,14,16,20). The Morgan fingerprint density at radius 3 is 2.60 bits per heavy atom. The van der Waals surface area contributed by atoms with Crippen LogP contribution in [0.1, 0.15) is 27.2 Å². The molecular formula is C13H22N4O3. The van der Waals surface area contributed by atoms with Crippen LogP contribution < -0.4 is 10.6 Å². The topological polar surface area (TPSA) is 96.3 Å². The second kappa shape index (κ2) is 6.93. The molecule has 1 heterocycles. The van der Waals surface area contributed by atoms with Crippen LogP contribution in [-0.4, -0.2) is 39.5 Å². The number of aromatic nitrogens is 2. The lowest BCUT2D eigenvalue weighted by molar-refractivity contribution is -0.141. The molecule has 2 amide bonds. The van der Waals surface area contributed by atoms with E-state index >= 15 is 0 Å². The Morgan fingerprint density at radius 1 is 1.40 bits per heavy atom. The molecule has 112 valence electrons. The van der Waals surface area contributed by atoms with Crippen LogP contribution in [0.5, 0.6) is 0 Å². The van der Waals surface area contributed by atoms with Gasteiger partial charge in [-0.25, -0.2) is 9.59 Å². The number of nitrogens with zero attached hydrogens (tertiary/aromatic N) is 2. The third-order valence-corrected chi connectivity index (χ3v) is 2.80. The molecule has 0 radical (unpaired) electrons. The monoisotopic (exact) mass is 282 g/mol. The maximum Gasteiger partial charge on any atom is 0.326 e. The molecule has 1 rings (SSSR count). The van der Waals surface area contributed by atoms with E-state index in [1.165, 1.54) is 0 Å². The van der Waals surface area contributed by atoms with E-state index in [2.05, 4.69) is 15.7 Å². The summed E-state index contributed by atoms with van der Waals surface area (Å²) >= 11 is 0. The molecule has 3 N–H and O–H groups in total. The van der Waals surface area contributed by atoms with Gasteiger partial charge in [0.15, 0.2) is 0 Å². The normalized spacial score (nSPS) is 12.8. The van der Waals surface area contributed by atoms with Gasteiger partial charge < -0.3 is 15.7 Å². The minimum atomic E-state index is -1.04. The molecule has 0 aliphatic heterocycles. The maximum absolute atomic E-state index is 11.7. The molecule has 0 spiro atoms. The van der Waals surface area contributed by atoms with Gasteiger partial charge in [-0.1, -0.05) is 20.8 Å². The van der Waals surface area contributed by atoms with E-state index < -0.39 is 23.5 Å². The molecule has 1 aromatic heterocycles. The van der Waals surface area contributed by atoms with E-state index in [-0.39, 0.29) is 0 Å². The van der Waals surface area contributed by atoms with E-state index in [4.69, 9.17) is 5.11 Å². The lowest BCUT2D eigenvalue weighted by Crippen LogP contribution is -2.52. The fraction of sp³-hybridized carbons (Fsp3) is 0.615. The summed E-state index contributed by atoms with van der Waals surface area (Å²) in [5, 5.41) is 18.3. The minimum absolute atomic E-state index is 0.460. The van der Waals surface area contributed by atoms with Crippen LogP contribution in [0.2, 0.25) is 0 Å². The highest BCUT2D eigenvalue weighted by molar-refractivity contribution is 5.83. The van der Waals surface area contributed by atoms with E-state index in [0.717, 1.165) is 6.42 Å². The third-order valence-electron chi connectivity index (χ3n) is 2.80. The second-order valence-electron chi connectivity index (χ2n) is 5.66. The Hall–Kier alpha value is -2.05. The van der Waals surface area contributed by atoms with Gasteiger partial charge in [0.25, 0.3) is 0 Å². The highest BCUT2D eigenvalue weighted by atomic mass is 16.4. The predicted octanol–water partition coefficient (Wildman–Crippen LogP) is 1.07. The van der Waals surface area contributed by atoms with E-state index in [1.807, 2.05) is 12.3 Å². The zero-order valence-corrected chi connectivity index (χ0v) is 12.1. The lowest BCUT2D eigenvalue weighted by atomic mass is 9.87. The van der Waals surface area contributed by atoms with Crippen molar-refractivity contribution < 1.29 is 14.7 Å².